The van der Waals surface area contributed by atoms with Gasteiger partial charge in [0, 0.05) is 11.1 Å². The van der Waals surface area contributed by atoms with Crippen LogP contribution in [0.5, 0.6) is 11.5 Å². The molecule has 1 aliphatic rings. The molecule has 1 aliphatic heterocycles. The van der Waals surface area contributed by atoms with Crippen LogP contribution in [-0.4, -0.2) is 61.8 Å². The third-order valence-corrected chi connectivity index (χ3v) is 4.39. The van der Waals surface area contributed by atoms with E-state index in [1.54, 1.807) is 0 Å². The smallest absolute Gasteiger partial charge is 0.128 e. The molecule has 0 aromatic heterocycles. The van der Waals surface area contributed by atoms with Crippen LogP contribution in [0.15, 0.2) is 58.7 Å². The van der Waals surface area contributed by atoms with E-state index in [0.29, 0.717) is 13.2 Å². The van der Waals surface area contributed by atoms with Gasteiger partial charge in [0.15, 0.2) is 0 Å². The number of benzene rings is 2. The number of rotatable bonds is 8. The normalized spacial score (nSPS) is 14.8. The van der Waals surface area contributed by atoms with Crippen molar-refractivity contribution in [2.75, 3.05) is 39.4 Å². The zero-order valence-corrected chi connectivity index (χ0v) is 16.6. The van der Waals surface area contributed by atoms with Crippen LogP contribution in [0, 0.1) is 0 Å². The standard InChI is InChI=1S/C22H28N4O2/c1-3-27-21-11-7-5-9-19(21)17-23-25-13-15-26(16-14-25)24-18-20-10-6-8-12-22(20)28-4-2/h5-12,17-18H,3-4,13-16H2,1-2H3. The average Bonchev–Trinajstić information content (AvgIpc) is 2.74. The first-order valence-electron chi connectivity index (χ1n) is 9.81. The van der Waals surface area contributed by atoms with E-state index in [1.165, 1.54) is 0 Å². The van der Waals surface area contributed by atoms with Gasteiger partial charge in [-0.15, -0.1) is 0 Å². The molecule has 0 N–H and O–H groups in total. The van der Waals surface area contributed by atoms with Gasteiger partial charge in [0.25, 0.3) is 0 Å². The summed E-state index contributed by atoms with van der Waals surface area (Å²) in [7, 11) is 0. The fourth-order valence-electron chi connectivity index (χ4n) is 2.95. The maximum absolute atomic E-state index is 5.65. The van der Waals surface area contributed by atoms with Crippen molar-refractivity contribution in [3.8, 4) is 11.5 Å². The highest BCUT2D eigenvalue weighted by Crippen LogP contribution is 2.17. The van der Waals surface area contributed by atoms with Gasteiger partial charge in [0.05, 0.1) is 51.8 Å². The molecule has 0 saturated carbocycles. The molecule has 0 radical (unpaired) electrons. The van der Waals surface area contributed by atoms with Crippen molar-refractivity contribution in [1.82, 2.24) is 10.0 Å². The van der Waals surface area contributed by atoms with E-state index in [2.05, 4.69) is 20.2 Å². The molecule has 28 heavy (non-hydrogen) atoms. The Morgan fingerprint density at radius 3 is 1.50 bits per heavy atom. The SMILES string of the molecule is CCOc1ccccc1C=NN1CCN(N=Cc2ccccc2OCC)CC1. The first-order chi connectivity index (χ1) is 13.8. The minimum atomic E-state index is 0.647. The van der Waals surface area contributed by atoms with E-state index < -0.39 is 0 Å². The highest BCUT2D eigenvalue weighted by atomic mass is 16.5. The average molecular weight is 380 g/mol. The van der Waals surface area contributed by atoms with Crippen LogP contribution in [0.25, 0.3) is 0 Å². The fraction of sp³-hybridized carbons (Fsp3) is 0.364. The second kappa shape index (κ2) is 10.3. The molecule has 0 spiro atoms. The highest BCUT2D eigenvalue weighted by molar-refractivity contribution is 5.83. The predicted octanol–water partition coefficient (Wildman–Crippen LogP) is 3.47. The number of ether oxygens (including phenoxy) is 2. The molecule has 6 nitrogen and oxygen atoms in total. The molecule has 0 unspecified atom stereocenters. The second-order valence-corrected chi connectivity index (χ2v) is 6.34. The van der Waals surface area contributed by atoms with Crippen molar-refractivity contribution in [1.29, 1.82) is 0 Å². The van der Waals surface area contributed by atoms with E-state index in [-0.39, 0.29) is 0 Å². The zero-order chi connectivity index (χ0) is 19.6. The van der Waals surface area contributed by atoms with Crippen LogP contribution in [0.2, 0.25) is 0 Å². The summed E-state index contributed by atoms with van der Waals surface area (Å²) in [4.78, 5) is 0. The van der Waals surface area contributed by atoms with Gasteiger partial charge in [-0.3, -0.25) is 10.0 Å². The van der Waals surface area contributed by atoms with Gasteiger partial charge in [-0.25, -0.2) is 0 Å². The molecule has 1 heterocycles. The van der Waals surface area contributed by atoms with Gasteiger partial charge >= 0.3 is 0 Å². The van der Waals surface area contributed by atoms with E-state index in [4.69, 9.17) is 9.47 Å². The Morgan fingerprint density at radius 1 is 0.714 bits per heavy atom. The number of hydrogen-bond acceptors (Lipinski definition) is 6. The van der Waals surface area contributed by atoms with Crippen LogP contribution in [0.3, 0.4) is 0 Å². The summed E-state index contributed by atoms with van der Waals surface area (Å²) in [5.41, 5.74) is 2.00. The molecular formula is C22H28N4O2. The van der Waals surface area contributed by atoms with Crippen LogP contribution in [-0.2, 0) is 0 Å². The van der Waals surface area contributed by atoms with Crippen molar-refractivity contribution in [2.24, 2.45) is 10.2 Å². The Hall–Kier alpha value is -3.02. The first-order valence-corrected chi connectivity index (χ1v) is 9.81. The highest BCUT2D eigenvalue weighted by Gasteiger charge is 2.13. The Bertz CT molecular complexity index is 731. The summed E-state index contributed by atoms with van der Waals surface area (Å²) in [6, 6.07) is 15.9. The molecule has 6 heteroatoms. The Morgan fingerprint density at radius 2 is 1.11 bits per heavy atom. The number of para-hydroxylation sites is 2. The quantitative estimate of drug-likeness (QED) is 0.658. The summed E-state index contributed by atoms with van der Waals surface area (Å²) in [6.07, 6.45) is 3.75. The molecule has 3 rings (SSSR count). The Labute approximate surface area is 167 Å². The lowest BCUT2D eigenvalue weighted by Crippen LogP contribution is -2.41. The molecule has 2 aromatic rings. The molecule has 0 amide bonds. The van der Waals surface area contributed by atoms with Gasteiger partial charge in [-0.2, -0.15) is 10.2 Å². The van der Waals surface area contributed by atoms with Crippen LogP contribution >= 0.6 is 0 Å². The monoisotopic (exact) mass is 380 g/mol. The summed E-state index contributed by atoms with van der Waals surface area (Å²) >= 11 is 0. The maximum Gasteiger partial charge on any atom is 0.128 e. The lowest BCUT2D eigenvalue weighted by molar-refractivity contribution is 0.141. The van der Waals surface area contributed by atoms with E-state index in [1.807, 2.05) is 74.8 Å². The number of piperazine rings is 1. The topological polar surface area (TPSA) is 49.7 Å². The molecular weight excluding hydrogens is 352 g/mol. The fourth-order valence-corrected chi connectivity index (χ4v) is 2.95. The van der Waals surface area contributed by atoms with Crippen LogP contribution in [0.1, 0.15) is 25.0 Å². The van der Waals surface area contributed by atoms with Gasteiger partial charge in [-0.05, 0) is 38.1 Å². The summed E-state index contributed by atoms with van der Waals surface area (Å²) in [5.74, 6) is 1.73. The zero-order valence-electron chi connectivity index (χ0n) is 16.6. The lowest BCUT2D eigenvalue weighted by atomic mass is 10.2. The van der Waals surface area contributed by atoms with E-state index in [0.717, 1.165) is 48.8 Å². The summed E-state index contributed by atoms with van der Waals surface area (Å²) in [6.45, 7) is 8.59. The van der Waals surface area contributed by atoms with Gasteiger partial charge in [0.1, 0.15) is 11.5 Å². The van der Waals surface area contributed by atoms with Gasteiger partial charge in [0.2, 0.25) is 0 Å². The minimum Gasteiger partial charge on any atom is -0.493 e. The van der Waals surface area contributed by atoms with Gasteiger partial charge < -0.3 is 9.47 Å². The van der Waals surface area contributed by atoms with Gasteiger partial charge in [-0.1, -0.05) is 24.3 Å². The molecule has 2 aromatic carbocycles. The van der Waals surface area contributed by atoms with E-state index in [9.17, 15) is 0 Å². The first kappa shape index (κ1) is 19.7. The van der Waals surface area contributed by atoms with Crippen molar-refractivity contribution < 1.29 is 9.47 Å². The van der Waals surface area contributed by atoms with Crippen molar-refractivity contribution in [2.45, 2.75) is 13.8 Å². The third-order valence-electron chi connectivity index (χ3n) is 4.39. The van der Waals surface area contributed by atoms with Crippen LogP contribution in [0.4, 0.5) is 0 Å². The molecule has 0 atom stereocenters. The Balaban J connectivity index is 1.54. The lowest BCUT2D eigenvalue weighted by Gasteiger charge is -2.31. The summed E-state index contributed by atoms with van der Waals surface area (Å²) < 4.78 is 11.3. The predicted molar refractivity (Wildman–Crippen MR) is 114 cm³/mol. The number of hydrazone groups is 2. The molecule has 0 bridgehead atoms. The largest absolute Gasteiger partial charge is 0.493 e. The minimum absolute atomic E-state index is 0.647. The second-order valence-electron chi connectivity index (χ2n) is 6.34. The molecule has 1 saturated heterocycles. The van der Waals surface area contributed by atoms with Crippen LogP contribution < -0.4 is 9.47 Å². The molecule has 148 valence electrons. The van der Waals surface area contributed by atoms with E-state index >= 15 is 0 Å². The molecule has 1 fully saturated rings. The van der Waals surface area contributed by atoms with Crippen molar-refractivity contribution in [3.05, 3.63) is 59.7 Å². The third kappa shape index (κ3) is 5.49. The van der Waals surface area contributed by atoms with Crippen molar-refractivity contribution >= 4 is 12.4 Å². The molecule has 0 aliphatic carbocycles. The number of hydrogen-bond donors (Lipinski definition) is 0. The Kier molecular flexibility index (Phi) is 7.29. The maximum atomic E-state index is 5.65. The number of nitrogens with zero attached hydrogens (tertiary/aromatic N) is 4. The van der Waals surface area contributed by atoms with Crippen molar-refractivity contribution in [3.63, 3.8) is 0 Å². The summed E-state index contributed by atoms with van der Waals surface area (Å²) in [5, 5.41) is 13.4.